The molecule has 0 N–H and O–H groups in total. The van der Waals surface area contributed by atoms with Gasteiger partial charge < -0.3 is 9.42 Å². The Balaban J connectivity index is 1.45. The topological polar surface area (TPSA) is 62.5 Å². The van der Waals surface area contributed by atoms with Gasteiger partial charge in [-0.2, -0.15) is 4.98 Å². The lowest BCUT2D eigenvalue weighted by molar-refractivity contribution is -0.138. The van der Waals surface area contributed by atoms with Crippen molar-refractivity contribution < 1.29 is 9.32 Å². The third kappa shape index (κ3) is 4.31. The van der Waals surface area contributed by atoms with Crippen LogP contribution in [0.4, 0.5) is 0 Å². The highest BCUT2D eigenvalue weighted by Crippen LogP contribution is 2.22. The lowest BCUT2D eigenvalue weighted by Gasteiger charge is -2.35. The minimum Gasteiger partial charge on any atom is -0.342 e. The Hall–Kier alpha value is -1.43. The van der Waals surface area contributed by atoms with E-state index in [4.69, 9.17) is 4.52 Å². The van der Waals surface area contributed by atoms with E-state index in [0.29, 0.717) is 18.3 Å². The SMILES string of the molecule is CCCc1noc(CN2CCC(C(=O)N3CCCCC3)CC2)n1. The summed E-state index contributed by atoms with van der Waals surface area (Å²) in [6.07, 6.45) is 7.41. The number of rotatable bonds is 5. The van der Waals surface area contributed by atoms with E-state index in [9.17, 15) is 4.79 Å². The number of hydrogen-bond acceptors (Lipinski definition) is 5. The maximum Gasteiger partial charge on any atom is 0.240 e. The molecule has 2 fully saturated rings. The summed E-state index contributed by atoms with van der Waals surface area (Å²) in [5.41, 5.74) is 0. The molecule has 0 atom stereocenters. The second-order valence-corrected chi connectivity index (χ2v) is 6.79. The zero-order chi connectivity index (χ0) is 16.1. The Morgan fingerprint density at radius 3 is 2.61 bits per heavy atom. The van der Waals surface area contributed by atoms with Gasteiger partial charge in [0.15, 0.2) is 5.82 Å². The summed E-state index contributed by atoms with van der Waals surface area (Å²) in [6, 6.07) is 0. The van der Waals surface area contributed by atoms with Crippen molar-refractivity contribution in [3.05, 3.63) is 11.7 Å². The molecule has 3 rings (SSSR count). The van der Waals surface area contributed by atoms with Gasteiger partial charge >= 0.3 is 0 Å². The van der Waals surface area contributed by atoms with Crippen molar-refractivity contribution >= 4 is 5.91 Å². The van der Waals surface area contributed by atoms with Crippen LogP contribution in [-0.2, 0) is 17.8 Å². The predicted octanol–water partition coefficient (Wildman–Crippen LogP) is 2.25. The number of piperidine rings is 2. The number of hydrogen-bond donors (Lipinski definition) is 0. The number of aromatic nitrogens is 2. The van der Waals surface area contributed by atoms with Gasteiger partial charge in [0.2, 0.25) is 11.8 Å². The van der Waals surface area contributed by atoms with Crippen LogP contribution in [0, 0.1) is 5.92 Å². The van der Waals surface area contributed by atoms with Crippen LogP contribution in [0.5, 0.6) is 0 Å². The standard InChI is InChI=1S/C17H28N4O2/c1-2-6-15-18-16(23-19-15)13-20-11-7-14(8-12-20)17(22)21-9-4-3-5-10-21/h14H,2-13H2,1H3. The Kier molecular flexibility index (Phi) is 5.65. The molecule has 23 heavy (non-hydrogen) atoms. The van der Waals surface area contributed by atoms with Crippen LogP contribution in [0.3, 0.4) is 0 Å². The van der Waals surface area contributed by atoms with Crippen LogP contribution >= 0.6 is 0 Å². The van der Waals surface area contributed by atoms with Gasteiger partial charge in [0.1, 0.15) is 0 Å². The first kappa shape index (κ1) is 16.4. The van der Waals surface area contributed by atoms with E-state index >= 15 is 0 Å². The minimum absolute atomic E-state index is 0.211. The number of nitrogens with zero attached hydrogens (tertiary/aromatic N) is 4. The third-order valence-electron chi connectivity index (χ3n) is 4.95. The molecule has 0 radical (unpaired) electrons. The van der Waals surface area contributed by atoms with Gasteiger partial charge in [0.25, 0.3) is 0 Å². The van der Waals surface area contributed by atoms with Crippen molar-refractivity contribution in [2.24, 2.45) is 5.92 Å². The van der Waals surface area contributed by atoms with Crippen LogP contribution in [0.2, 0.25) is 0 Å². The number of carbonyl (C=O) groups is 1. The van der Waals surface area contributed by atoms with E-state index in [0.717, 1.165) is 57.7 Å². The van der Waals surface area contributed by atoms with Crippen molar-refractivity contribution in [3.8, 4) is 0 Å². The predicted molar refractivity (Wildman–Crippen MR) is 86.7 cm³/mol. The highest BCUT2D eigenvalue weighted by molar-refractivity contribution is 5.79. The summed E-state index contributed by atoms with van der Waals surface area (Å²) in [5.74, 6) is 2.10. The lowest BCUT2D eigenvalue weighted by Crippen LogP contribution is -2.44. The Morgan fingerprint density at radius 2 is 1.91 bits per heavy atom. The van der Waals surface area contributed by atoms with Gasteiger partial charge in [-0.05, 0) is 51.6 Å². The van der Waals surface area contributed by atoms with Crippen LogP contribution in [0.15, 0.2) is 4.52 Å². The molecule has 128 valence electrons. The number of amides is 1. The molecule has 0 spiro atoms. The van der Waals surface area contributed by atoms with E-state index < -0.39 is 0 Å². The van der Waals surface area contributed by atoms with E-state index in [1.54, 1.807) is 0 Å². The fraction of sp³-hybridized carbons (Fsp3) is 0.824. The number of carbonyl (C=O) groups excluding carboxylic acids is 1. The summed E-state index contributed by atoms with van der Waals surface area (Å²) in [6.45, 7) is 6.62. The van der Waals surface area contributed by atoms with E-state index in [2.05, 4.69) is 26.9 Å². The minimum atomic E-state index is 0.211. The van der Waals surface area contributed by atoms with Gasteiger partial charge in [0, 0.05) is 25.4 Å². The van der Waals surface area contributed by atoms with E-state index in [1.165, 1.54) is 19.3 Å². The van der Waals surface area contributed by atoms with Crippen molar-refractivity contribution in [1.82, 2.24) is 19.9 Å². The van der Waals surface area contributed by atoms with Crippen LogP contribution in [0.25, 0.3) is 0 Å². The second-order valence-electron chi connectivity index (χ2n) is 6.79. The highest BCUT2D eigenvalue weighted by Gasteiger charge is 2.29. The molecule has 0 aliphatic carbocycles. The van der Waals surface area contributed by atoms with Crippen molar-refractivity contribution in [2.45, 2.75) is 58.4 Å². The Morgan fingerprint density at radius 1 is 1.17 bits per heavy atom. The molecule has 1 amide bonds. The molecule has 6 heteroatoms. The maximum absolute atomic E-state index is 12.6. The quantitative estimate of drug-likeness (QED) is 0.832. The van der Waals surface area contributed by atoms with Crippen LogP contribution in [0.1, 0.15) is 57.2 Å². The summed E-state index contributed by atoms with van der Waals surface area (Å²) >= 11 is 0. The molecule has 0 saturated carbocycles. The fourth-order valence-corrected chi connectivity index (χ4v) is 3.58. The molecule has 2 aliphatic heterocycles. The van der Waals surface area contributed by atoms with Gasteiger partial charge in [-0.15, -0.1) is 0 Å². The Bertz CT molecular complexity index is 502. The normalized spacial score (nSPS) is 20.8. The molecule has 2 saturated heterocycles. The molecule has 2 aliphatic rings. The van der Waals surface area contributed by atoms with Crippen molar-refractivity contribution in [2.75, 3.05) is 26.2 Å². The molecule has 0 aromatic carbocycles. The summed E-state index contributed by atoms with van der Waals surface area (Å²) in [7, 11) is 0. The van der Waals surface area contributed by atoms with Gasteiger partial charge in [0.05, 0.1) is 6.54 Å². The summed E-state index contributed by atoms with van der Waals surface area (Å²) in [4.78, 5) is 21.4. The molecule has 1 aromatic rings. The third-order valence-corrected chi connectivity index (χ3v) is 4.95. The average Bonchev–Trinajstić information content (AvgIpc) is 3.03. The van der Waals surface area contributed by atoms with Crippen LogP contribution < -0.4 is 0 Å². The summed E-state index contributed by atoms with van der Waals surface area (Å²) in [5, 5.41) is 4.00. The summed E-state index contributed by atoms with van der Waals surface area (Å²) < 4.78 is 5.31. The highest BCUT2D eigenvalue weighted by atomic mass is 16.5. The van der Waals surface area contributed by atoms with Gasteiger partial charge in [-0.1, -0.05) is 12.1 Å². The molecule has 3 heterocycles. The number of likely N-dealkylation sites (tertiary alicyclic amines) is 2. The van der Waals surface area contributed by atoms with Gasteiger partial charge in [-0.25, -0.2) is 0 Å². The van der Waals surface area contributed by atoms with Gasteiger partial charge in [-0.3, -0.25) is 9.69 Å². The van der Waals surface area contributed by atoms with E-state index in [-0.39, 0.29) is 5.92 Å². The van der Waals surface area contributed by atoms with Crippen molar-refractivity contribution in [1.29, 1.82) is 0 Å². The molecule has 0 bridgehead atoms. The largest absolute Gasteiger partial charge is 0.342 e. The van der Waals surface area contributed by atoms with Crippen molar-refractivity contribution in [3.63, 3.8) is 0 Å². The zero-order valence-electron chi connectivity index (χ0n) is 14.2. The monoisotopic (exact) mass is 320 g/mol. The molecule has 0 unspecified atom stereocenters. The lowest BCUT2D eigenvalue weighted by atomic mass is 9.94. The molecule has 6 nitrogen and oxygen atoms in total. The molecular weight excluding hydrogens is 292 g/mol. The molecular formula is C17H28N4O2. The number of aryl methyl sites for hydroxylation is 1. The zero-order valence-corrected chi connectivity index (χ0v) is 14.2. The first-order chi connectivity index (χ1) is 11.3. The fourth-order valence-electron chi connectivity index (χ4n) is 3.58. The average molecular weight is 320 g/mol. The van der Waals surface area contributed by atoms with E-state index in [1.807, 2.05) is 0 Å². The maximum atomic E-state index is 12.6. The Labute approximate surface area is 138 Å². The van der Waals surface area contributed by atoms with Crippen LogP contribution in [-0.4, -0.2) is 52.0 Å². The smallest absolute Gasteiger partial charge is 0.240 e. The first-order valence-corrected chi connectivity index (χ1v) is 9.09. The molecule has 1 aromatic heterocycles. The first-order valence-electron chi connectivity index (χ1n) is 9.09. The second kappa shape index (κ2) is 7.90.